The molecule has 0 spiro atoms. The summed E-state index contributed by atoms with van der Waals surface area (Å²) in [5.41, 5.74) is 3.59. The van der Waals surface area contributed by atoms with E-state index in [1.165, 1.54) is 0 Å². The van der Waals surface area contributed by atoms with Gasteiger partial charge in [-0.2, -0.15) is 0 Å². The van der Waals surface area contributed by atoms with Gasteiger partial charge in [0.15, 0.2) is 0 Å². The van der Waals surface area contributed by atoms with Gasteiger partial charge in [-0.15, -0.1) is 0 Å². The standard InChI is InChI=1S/C25H26N2O2/c1-19-11-14-26(15-12-19)24(28)18-27-16-13-22-17-21(9-10-23(22)25(27)29)8-7-20-5-3-2-4-6-20/h2-6,9-10,17,19H,11-16,18H2,1H3. The molecule has 4 rings (SSSR count). The van der Waals surface area contributed by atoms with Crippen LogP contribution in [0.3, 0.4) is 0 Å². The monoisotopic (exact) mass is 386 g/mol. The molecule has 0 atom stereocenters. The molecular formula is C25H26N2O2. The van der Waals surface area contributed by atoms with Crippen molar-refractivity contribution < 1.29 is 9.59 Å². The summed E-state index contributed by atoms with van der Waals surface area (Å²) in [5, 5.41) is 0. The number of rotatable bonds is 2. The second-order valence-corrected chi connectivity index (χ2v) is 8.03. The largest absolute Gasteiger partial charge is 0.341 e. The number of hydrogen-bond acceptors (Lipinski definition) is 2. The minimum absolute atomic E-state index is 0.0486. The molecule has 0 bridgehead atoms. The fourth-order valence-electron chi connectivity index (χ4n) is 3.95. The number of piperidine rings is 1. The van der Waals surface area contributed by atoms with Crippen LogP contribution in [-0.4, -0.2) is 47.8 Å². The van der Waals surface area contributed by atoms with Gasteiger partial charge in [0.1, 0.15) is 6.54 Å². The first-order valence-corrected chi connectivity index (χ1v) is 10.4. The normalized spacial score (nSPS) is 16.8. The van der Waals surface area contributed by atoms with Crippen LogP contribution in [0.15, 0.2) is 48.5 Å². The number of hydrogen-bond donors (Lipinski definition) is 0. The molecule has 29 heavy (non-hydrogen) atoms. The lowest BCUT2D eigenvalue weighted by Gasteiger charge is -2.34. The number of amides is 2. The molecule has 1 fully saturated rings. The van der Waals surface area contributed by atoms with Gasteiger partial charge >= 0.3 is 0 Å². The van der Waals surface area contributed by atoms with Gasteiger partial charge in [0, 0.05) is 36.3 Å². The van der Waals surface area contributed by atoms with E-state index in [9.17, 15) is 9.59 Å². The predicted molar refractivity (Wildman–Crippen MR) is 113 cm³/mol. The molecule has 2 amide bonds. The van der Waals surface area contributed by atoms with Crippen LogP contribution in [0.2, 0.25) is 0 Å². The molecule has 2 aromatic carbocycles. The van der Waals surface area contributed by atoms with Gasteiger partial charge in [-0.3, -0.25) is 9.59 Å². The van der Waals surface area contributed by atoms with E-state index in [1.807, 2.05) is 53.4 Å². The quantitative estimate of drug-likeness (QED) is 0.743. The molecule has 1 saturated heterocycles. The van der Waals surface area contributed by atoms with E-state index < -0.39 is 0 Å². The minimum Gasteiger partial charge on any atom is -0.341 e. The molecule has 4 heteroatoms. The topological polar surface area (TPSA) is 40.6 Å². The third-order valence-corrected chi connectivity index (χ3v) is 5.86. The molecule has 0 saturated carbocycles. The number of carbonyl (C=O) groups excluding carboxylic acids is 2. The maximum absolute atomic E-state index is 12.9. The summed E-state index contributed by atoms with van der Waals surface area (Å²) in [6.07, 6.45) is 2.86. The van der Waals surface area contributed by atoms with Crippen LogP contribution in [0, 0.1) is 17.8 Å². The first kappa shape index (κ1) is 19.3. The van der Waals surface area contributed by atoms with Crippen molar-refractivity contribution in [2.24, 2.45) is 5.92 Å². The zero-order chi connectivity index (χ0) is 20.2. The molecule has 148 valence electrons. The average molecular weight is 386 g/mol. The smallest absolute Gasteiger partial charge is 0.254 e. The Bertz CT molecular complexity index is 963. The highest BCUT2D eigenvalue weighted by Gasteiger charge is 2.28. The molecule has 4 nitrogen and oxygen atoms in total. The van der Waals surface area contributed by atoms with E-state index in [2.05, 4.69) is 18.8 Å². The molecule has 0 aliphatic carbocycles. The molecule has 0 N–H and O–H groups in total. The van der Waals surface area contributed by atoms with Crippen molar-refractivity contribution in [3.8, 4) is 11.8 Å². The summed E-state index contributed by atoms with van der Waals surface area (Å²) in [7, 11) is 0. The van der Waals surface area contributed by atoms with Crippen LogP contribution in [-0.2, 0) is 11.2 Å². The number of fused-ring (bicyclic) bond motifs is 1. The fourth-order valence-corrected chi connectivity index (χ4v) is 3.95. The lowest BCUT2D eigenvalue weighted by Crippen LogP contribution is -2.47. The van der Waals surface area contributed by atoms with Gasteiger partial charge in [-0.25, -0.2) is 0 Å². The van der Waals surface area contributed by atoms with E-state index in [0.29, 0.717) is 18.0 Å². The lowest BCUT2D eigenvalue weighted by atomic mass is 9.96. The maximum atomic E-state index is 12.9. The fraction of sp³-hybridized carbons (Fsp3) is 0.360. The molecule has 2 aliphatic rings. The zero-order valence-electron chi connectivity index (χ0n) is 16.9. The van der Waals surface area contributed by atoms with Crippen LogP contribution >= 0.6 is 0 Å². The number of carbonyl (C=O) groups is 2. The van der Waals surface area contributed by atoms with Gasteiger partial charge in [-0.05, 0) is 61.1 Å². The van der Waals surface area contributed by atoms with Crippen LogP contribution in [0.25, 0.3) is 0 Å². The first-order valence-electron chi connectivity index (χ1n) is 10.4. The van der Waals surface area contributed by atoms with Crippen molar-refractivity contribution >= 4 is 11.8 Å². The number of benzene rings is 2. The summed E-state index contributed by atoms with van der Waals surface area (Å²) in [4.78, 5) is 29.1. The van der Waals surface area contributed by atoms with E-state index in [1.54, 1.807) is 4.90 Å². The van der Waals surface area contributed by atoms with Crippen molar-refractivity contribution in [2.45, 2.75) is 26.2 Å². The lowest BCUT2D eigenvalue weighted by molar-refractivity contribution is -0.133. The van der Waals surface area contributed by atoms with Crippen LogP contribution in [0.5, 0.6) is 0 Å². The van der Waals surface area contributed by atoms with Crippen LogP contribution in [0.4, 0.5) is 0 Å². The van der Waals surface area contributed by atoms with Crippen molar-refractivity contribution in [3.05, 3.63) is 70.8 Å². The number of nitrogens with zero attached hydrogens (tertiary/aromatic N) is 2. The second-order valence-electron chi connectivity index (χ2n) is 8.03. The average Bonchev–Trinajstić information content (AvgIpc) is 2.75. The number of likely N-dealkylation sites (tertiary alicyclic amines) is 1. The highest BCUT2D eigenvalue weighted by Crippen LogP contribution is 2.21. The minimum atomic E-state index is -0.0486. The molecule has 2 aromatic rings. The highest BCUT2D eigenvalue weighted by atomic mass is 16.2. The van der Waals surface area contributed by atoms with E-state index in [-0.39, 0.29) is 18.4 Å². The molecule has 0 aromatic heterocycles. The van der Waals surface area contributed by atoms with Crippen molar-refractivity contribution in [3.63, 3.8) is 0 Å². The summed E-state index contributed by atoms with van der Waals surface area (Å²) < 4.78 is 0. The first-order chi connectivity index (χ1) is 14.1. The predicted octanol–water partition coefficient (Wildman–Crippen LogP) is 3.34. The molecule has 0 radical (unpaired) electrons. The van der Waals surface area contributed by atoms with Gasteiger partial charge < -0.3 is 9.80 Å². The van der Waals surface area contributed by atoms with Crippen LogP contribution < -0.4 is 0 Å². The van der Waals surface area contributed by atoms with Crippen molar-refractivity contribution in [1.29, 1.82) is 0 Å². The van der Waals surface area contributed by atoms with Gasteiger partial charge in [0.25, 0.3) is 5.91 Å². The highest BCUT2D eigenvalue weighted by molar-refractivity contribution is 5.98. The van der Waals surface area contributed by atoms with E-state index in [4.69, 9.17) is 0 Å². The van der Waals surface area contributed by atoms with E-state index in [0.717, 1.165) is 49.0 Å². The van der Waals surface area contributed by atoms with Crippen molar-refractivity contribution in [2.75, 3.05) is 26.2 Å². The zero-order valence-corrected chi connectivity index (χ0v) is 16.9. The van der Waals surface area contributed by atoms with Gasteiger partial charge in [-0.1, -0.05) is 37.0 Å². The molecule has 2 aliphatic heterocycles. The van der Waals surface area contributed by atoms with E-state index >= 15 is 0 Å². The Morgan fingerprint density at radius 1 is 1.00 bits per heavy atom. The third kappa shape index (κ3) is 4.51. The summed E-state index contributed by atoms with van der Waals surface area (Å²) in [6, 6.07) is 15.6. The van der Waals surface area contributed by atoms with Crippen molar-refractivity contribution in [1.82, 2.24) is 9.80 Å². The molecule has 0 unspecified atom stereocenters. The third-order valence-electron chi connectivity index (χ3n) is 5.86. The summed E-state index contributed by atoms with van der Waals surface area (Å²) in [6.45, 7) is 4.61. The summed E-state index contributed by atoms with van der Waals surface area (Å²) >= 11 is 0. The Kier molecular flexibility index (Phi) is 5.67. The van der Waals surface area contributed by atoms with Gasteiger partial charge in [0.2, 0.25) is 5.91 Å². The Balaban J connectivity index is 1.43. The molecular weight excluding hydrogens is 360 g/mol. The maximum Gasteiger partial charge on any atom is 0.254 e. The Labute approximate surface area is 172 Å². The molecule has 2 heterocycles. The SMILES string of the molecule is CC1CCN(C(=O)CN2CCc3cc(C#Cc4ccccc4)ccc3C2=O)CC1. The Morgan fingerprint density at radius 2 is 1.72 bits per heavy atom. The Hall–Kier alpha value is -3.06. The second kappa shape index (κ2) is 8.53. The Morgan fingerprint density at radius 3 is 2.48 bits per heavy atom. The van der Waals surface area contributed by atoms with Gasteiger partial charge in [0.05, 0.1) is 0 Å². The summed E-state index contributed by atoms with van der Waals surface area (Å²) in [5.74, 6) is 7.04. The van der Waals surface area contributed by atoms with Crippen LogP contribution in [0.1, 0.15) is 46.8 Å².